The third kappa shape index (κ3) is 5.28. The zero-order chi connectivity index (χ0) is 19.5. The van der Waals surface area contributed by atoms with Crippen LogP contribution in [0.5, 0.6) is 0 Å². The molecule has 4 heteroatoms. The molecule has 2 unspecified atom stereocenters. The fourth-order valence-corrected chi connectivity index (χ4v) is 8.84. The molecule has 0 fully saturated rings. The van der Waals surface area contributed by atoms with Crippen molar-refractivity contribution < 1.29 is 28.6 Å². The third-order valence-corrected chi connectivity index (χ3v) is 10.7. The van der Waals surface area contributed by atoms with Crippen molar-refractivity contribution in [3.05, 3.63) is 91.6 Å². The Bertz CT molecular complexity index is 975. The van der Waals surface area contributed by atoms with Gasteiger partial charge in [0.25, 0.3) is 0 Å². The van der Waals surface area contributed by atoms with E-state index in [0.717, 1.165) is 8.58 Å². The molecule has 0 heterocycles. The van der Waals surface area contributed by atoms with Gasteiger partial charge in [-0.05, 0) is 0 Å². The van der Waals surface area contributed by atoms with Crippen molar-refractivity contribution in [2.75, 3.05) is 0 Å². The number of aryl methyl sites for hydroxylation is 1. The van der Waals surface area contributed by atoms with Gasteiger partial charge in [-0.2, -0.15) is 0 Å². The topological polar surface area (TPSA) is 0 Å². The van der Waals surface area contributed by atoms with E-state index in [0.29, 0.717) is 4.22 Å². The van der Waals surface area contributed by atoms with Crippen LogP contribution in [0.3, 0.4) is 0 Å². The van der Waals surface area contributed by atoms with Crippen molar-refractivity contribution in [2.45, 2.75) is 50.7 Å². The van der Waals surface area contributed by atoms with Gasteiger partial charge in [-0.25, -0.2) is 0 Å². The predicted molar refractivity (Wildman–Crippen MR) is 121 cm³/mol. The number of rotatable bonds is 7. The fraction of sp³-hybridized carbons (Fsp3) is 0.308. The largest absolute Gasteiger partial charge is 1.00 e. The second kappa shape index (κ2) is 11.3. The Labute approximate surface area is 190 Å². The van der Waals surface area contributed by atoms with Gasteiger partial charge >= 0.3 is 181 Å². The van der Waals surface area contributed by atoms with Crippen LogP contribution >= 0.6 is 8.58 Å². The summed E-state index contributed by atoms with van der Waals surface area (Å²) in [6, 6.07) is 18.1. The van der Waals surface area contributed by atoms with Crippen molar-refractivity contribution in [1.82, 2.24) is 0 Å². The number of hydrogen-bond acceptors (Lipinski definition) is 0. The first-order chi connectivity index (χ1) is 13.7. The summed E-state index contributed by atoms with van der Waals surface area (Å²) < 4.78 is 2.48. The quantitative estimate of drug-likeness (QED) is 0.434. The molecule has 2 aromatic carbocycles. The molecule has 2 aliphatic carbocycles. The number of fused-ring (bicyclic) bond motifs is 1. The summed E-state index contributed by atoms with van der Waals surface area (Å²) in [5.74, 6) is 0. The van der Waals surface area contributed by atoms with E-state index in [4.69, 9.17) is 0 Å². The smallest absolute Gasteiger partial charge is 1.00 e. The van der Waals surface area contributed by atoms with Gasteiger partial charge in [-0.3, -0.25) is 0 Å². The van der Waals surface area contributed by atoms with Gasteiger partial charge in [0.05, 0.1) is 0 Å². The van der Waals surface area contributed by atoms with Crippen LogP contribution in [0.1, 0.15) is 60.4 Å². The maximum atomic E-state index is 2.51. The minimum atomic E-state index is -0.206. The normalized spacial score (nSPS) is 17.2. The fourth-order valence-electron chi connectivity index (χ4n) is 4.22. The molecule has 0 saturated heterocycles. The molecule has 2 aliphatic rings. The summed E-state index contributed by atoms with van der Waals surface area (Å²) >= 11 is -0.206. The molecule has 30 heavy (non-hydrogen) atoms. The molecule has 0 bridgehead atoms. The summed E-state index contributed by atoms with van der Waals surface area (Å²) in [6.45, 7) is 6.90. The average Bonchev–Trinajstić information content (AvgIpc) is 3.23. The minimum absolute atomic E-state index is 0. The van der Waals surface area contributed by atoms with Crippen LogP contribution in [-0.4, -0.2) is 0 Å². The number of benzene rings is 2. The summed E-state index contributed by atoms with van der Waals surface area (Å²) in [6.07, 6.45) is 10.1. The molecule has 2 aromatic rings. The molecular formula is C26H29F2PTi. The van der Waals surface area contributed by atoms with E-state index in [1.54, 1.807) is 22.0 Å². The van der Waals surface area contributed by atoms with E-state index in [-0.39, 0.29) is 28.6 Å². The van der Waals surface area contributed by atoms with E-state index in [1.165, 1.54) is 42.1 Å². The second-order valence-corrected chi connectivity index (χ2v) is 11.6. The monoisotopic (exact) mass is 458 g/mol. The van der Waals surface area contributed by atoms with Crippen molar-refractivity contribution in [1.29, 1.82) is 0 Å². The van der Waals surface area contributed by atoms with E-state index < -0.39 is 0 Å². The minimum Gasteiger partial charge on any atom is -1.00 e. The Morgan fingerprint density at radius 3 is 2.50 bits per heavy atom. The first-order valence-electron chi connectivity index (χ1n) is 10.5. The van der Waals surface area contributed by atoms with Crippen LogP contribution in [0, 0.1) is 6.92 Å². The first kappa shape index (κ1) is 24.9. The van der Waals surface area contributed by atoms with Gasteiger partial charge in [-0.15, -0.1) is 0 Å². The first-order valence-corrected chi connectivity index (χ1v) is 13.1. The van der Waals surface area contributed by atoms with Crippen molar-refractivity contribution in [3.8, 4) is 0 Å². The Balaban J connectivity index is 0.00000160. The van der Waals surface area contributed by atoms with E-state index >= 15 is 0 Å². The number of halogens is 2. The maximum absolute atomic E-state index is 2.51. The maximum Gasteiger partial charge on any atom is -1.00 e. The van der Waals surface area contributed by atoms with Crippen molar-refractivity contribution in [2.24, 2.45) is 0 Å². The van der Waals surface area contributed by atoms with Crippen molar-refractivity contribution >= 4 is 20.0 Å². The SMILES string of the molecule is CCCCC1=[C]([Ti+2][CH]2C(Pc3ccccc3C)=Cc3ccccc32)CC=C1C.[F-].[F-]. The third-order valence-electron chi connectivity index (χ3n) is 5.90. The van der Waals surface area contributed by atoms with Crippen LogP contribution in [0.15, 0.2) is 74.9 Å². The van der Waals surface area contributed by atoms with Crippen molar-refractivity contribution in [3.63, 3.8) is 0 Å². The second-order valence-electron chi connectivity index (χ2n) is 7.90. The molecule has 2 atom stereocenters. The summed E-state index contributed by atoms with van der Waals surface area (Å²) in [5.41, 5.74) is 7.75. The molecule has 0 N–H and O–H groups in total. The standard InChI is InChI=1S/C16H14P.C10H15.2FH.Ti/c1-12-6-2-5-9-16(12)17-15-10-13-7-3-4-8-14(13)11-15;1-3-4-7-10-8-5-6-9(10)2;;;/h2-11,17H,1H3;6H,3-5,7H2,1-2H3;2*1H;/q;;;;+2/p-2. The van der Waals surface area contributed by atoms with Crippen LogP contribution in [0.2, 0.25) is 0 Å². The summed E-state index contributed by atoms with van der Waals surface area (Å²) in [4.78, 5) is 0. The zero-order valence-electron chi connectivity index (χ0n) is 17.9. The molecule has 4 rings (SSSR count). The number of unbranched alkanes of at least 4 members (excludes halogenated alkanes) is 1. The number of hydrogen-bond donors (Lipinski definition) is 0. The van der Waals surface area contributed by atoms with Crippen LogP contribution in [0.4, 0.5) is 0 Å². The Morgan fingerprint density at radius 1 is 1.00 bits per heavy atom. The van der Waals surface area contributed by atoms with Crippen LogP contribution < -0.4 is 14.7 Å². The van der Waals surface area contributed by atoms with Gasteiger partial charge < -0.3 is 9.41 Å². The molecule has 0 amide bonds. The Morgan fingerprint density at radius 2 is 1.73 bits per heavy atom. The van der Waals surface area contributed by atoms with Gasteiger partial charge in [0.1, 0.15) is 0 Å². The predicted octanol–water partition coefficient (Wildman–Crippen LogP) is 1.28. The summed E-state index contributed by atoms with van der Waals surface area (Å²) in [5, 5.41) is 3.18. The molecule has 0 nitrogen and oxygen atoms in total. The van der Waals surface area contributed by atoms with Gasteiger partial charge in [0.15, 0.2) is 0 Å². The van der Waals surface area contributed by atoms with Gasteiger partial charge in [0, 0.05) is 0 Å². The molecular weight excluding hydrogens is 429 g/mol. The van der Waals surface area contributed by atoms with E-state index in [9.17, 15) is 0 Å². The van der Waals surface area contributed by atoms with E-state index in [1.807, 2.05) is 3.88 Å². The molecule has 0 radical (unpaired) electrons. The number of allylic oxidation sites excluding steroid dienone is 5. The van der Waals surface area contributed by atoms with Crippen LogP contribution in [0.25, 0.3) is 6.08 Å². The molecule has 0 saturated carbocycles. The van der Waals surface area contributed by atoms with E-state index in [2.05, 4.69) is 81.5 Å². The van der Waals surface area contributed by atoms with Gasteiger partial charge in [-0.1, -0.05) is 0 Å². The molecule has 0 aromatic heterocycles. The average molecular weight is 458 g/mol. The van der Waals surface area contributed by atoms with Crippen LogP contribution in [-0.2, 0) is 19.2 Å². The molecule has 0 aliphatic heterocycles. The molecule has 0 spiro atoms. The Hall–Kier alpha value is -1.34. The Kier molecular flexibility index (Phi) is 9.42. The van der Waals surface area contributed by atoms with Gasteiger partial charge in [0.2, 0.25) is 0 Å². The summed E-state index contributed by atoms with van der Waals surface area (Å²) in [7, 11) is 0.796. The zero-order valence-corrected chi connectivity index (χ0v) is 20.5. The molecule has 156 valence electrons.